The van der Waals surface area contributed by atoms with Crippen molar-refractivity contribution in [1.82, 2.24) is 0 Å². The topological polar surface area (TPSA) is 39.2 Å². The predicted octanol–water partition coefficient (Wildman–Crippen LogP) is 3.22. The zero-order chi connectivity index (χ0) is 10.4. The van der Waals surface area contributed by atoms with E-state index in [2.05, 4.69) is 19.1 Å². The van der Waals surface area contributed by atoms with Gasteiger partial charge in [0, 0.05) is 29.1 Å². The third kappa shape index (κ3) is 1.25. The van der Waals surface area contributed by atoms with E-state index in [-0.39, 0.29) is 0 Å². The number of nitrogen functional groups attached to an aromatic ring is 1. The van der Waals surface area contributed by atoms with Gasteiger partial charge in [0.2, 0.25) is 0 Å². The van der Waals surface area contributed by atoms with E-state index in [0.717, 1.165) is 23.5 Å². The van der Waals surface area contributed by atoms with Crippen molar-refractivity contribution in [2.75, 3.05) is 5.73 Å². The normalized spacial score (nSPS) is 19.4. The summed E-state index contributed by atoms with van der Waals surface area (Å²) in [6.45, 7) is 2.20. The van der Waals surface area contributed by atoms with Gasteiger partial charge in [-0.15, -0.1) is 0 Å². The van der Waals surface area contributed by atoms with Gasteiger partial charge >= 0.3 is 0 Å². The highest BCUT2D eigenvalue weighted by Gasteiger charge is 2.17. The molecule has 0 saturated heterocycles. The lowest BCUT2D eigenvalue weighted by Gasteiger charge is -2.09. The minimum absolute atomic E-state index is 0.565. The summed E-state index contributed by atoms with van der Waals surface area (Å²) in [4.78, 5) is 0. The second kappa shape index (κ2) is 2.89. The SMILES string of the molecule is CC1C=Cc2c(oc3cc(N)ccc23)C1. The Hall–Kier alpha value is -1.70. The number of benzene rings is 1. The van der Waals surface area contributed by atoms with Crippen LogP contribution < -0.4 is 5.73 Å². The molecule has 0 amide bonds. The second-order valence-electron chi connectivity index (χ2n) is 4.24. The van der Waals surface area contributed by atoms with Crippen LogP contribution in [-0.4, -0.2) is 0 Å². The quantitative estimate of drug-likeness (QED) is 0.661. The Morgan fingerprint density at radius 3 is 3.13 bits per heavy atom. The smallest absolute Gasteiger partial charge is 0.136 e. The molecule has 1 aromatic carbocycles. The van der Waals surface area contributed by atoms with E-state index in [9.17, 15) is 0 Å². The maximum atomic E-state index is 5.81. The molecule has 0 fully saturated rings. The van der Waals surface area contributed by atoms with E-state index in [1.165, 1.54) is 10.9 Å². The number of fused-ring (bicyclic) bond motifs is 3. The summed E-state index contributed by atoms with van der Waals surface area (Å²) in [7, 11) is 0. The summed E-state index contributed by atoms with van der Waals surface area (Å²) in [6.07, 6.45) is 5.37. The van der Waals surface area contributed by atoms with E-state index in [1.54, 1.807) is 0 Å². The molecule has 2 nitrogen and oxygen atoms in total. The first kappa shape index (κ1) is 8.60. The third-order valence-electron chi connectivity index (χ3n) is 2.93. The van der Waals surface area contributed by atoms with Gasteiger partial charge in [-0.2, -0.15) is 0 Å². The molecular weight excluding hydrogens is 186 g/mol. The lowest BCUT2D eigenvalue weighted by Crippen LogP contribution is -2.00. The van der Waals surface area contributed by atoms with E-state index < -0.39 is 0 Å². The van der Waals surface area contributed by atoms with Crippen LogP contribution in [-0.2, 0) is 6.42 Å². The molecule has 76 valence electrons. The monoisotopic (exact) mass is 199 g/mol. The number of nitrogens with two attached hydrogens (primary N) is 1. The van der Waals surface area contributed by atoms with Crippen molar-refractivity contribution in [3.63, 3.8) is 0 Å². The Kier molecular flexibility index (Phi) is 1.66. The van der Waals surface area contributed by atoms with Gasteiger partial charge in [-0.25, -0.2) is 0 Å². The fourth-order valence-electron chi connectivity index (χ4n) is 2.14. The zero-order valence-corrected chi connectivity index (χ0v) is 8.66. The summed E-state index contributed by atoms with van der Waals surface area (Å²) < 4.78 is 5.81. The lowest BCUT2D eigenvalue weighted by atomic mass is 9.95. The molecule has 2 N–H and O–H groups in total. The first-order chi connectivity index (χ1) is 7.24. The summed E-state index contributed by atoms with van der Waals surface area (Å²) in [6, 6.07) is 5.85. The van der Waals surface area contributed by atoms with E-state index >= 15 is 0 Å². The highest BCUT2D eigenvalue weighted by Crippen LogP contribution is 2.33. The summed E-state index contributed by atoms with van der Waals surface area (Å²) in [5, 5.41) is 1.17. The van der Waals surface area contributed by atoms with Gasteiger partial charge in [-0.1, -0.05) is 19.1 Å². The molecule has 3 rings (SSSR count). The Balaban J connectivity index is 2.29. The molecule has 1 aliphatic carbocycles. The Morgan fingerprint density at radius 2 is 2.27 bits per heavy atom. The molecule has 1 aliphatic rings. The third-order valence-corrected chi connectivity index (χ3v) is 2.93. The highest BCUT2D eigenvalue weighted by molar-refractivity contribution is 5.90. The highest BCUT2D eigenvalue weighted by atomic mass is 16.3. The van der Waals surface area contributed by atoms with Crippen LogP contribution in [0.4, 0.5) is 5.69 Å². The molecule has 1 aromatic heterocycles. The number of rotatable bonds is 0. The molecule has 1 heterocycles. The average molecular weight is 199 g/mol. The minimum atomic E-state index is 0.565. The van der Waals surface area contributed by atoms with Gasteiger partial charge in [0.15, 0.2) is 0 Å². The van der Waals surface area contributed by atoms with Crippen molar-refractivity contribution in [1.29, 1.82) is 0 Å². The molecule has 15 heavy (non-hydrogen) atoms. The van der Waals surface area contributed by atoms with E-state index in [1.807, 2.05) is 18.2 Å². The van der Waals surface area contributed by atoms with Crippen LogP contribution in [0.25, 0.3) is 17.0 Å². The van der Waals surface area contributed by atoms with Crippen molar-refractivity contribution in [3.05, 3.63) is 35.6 Å². The molecule has 2 heteroatoms. The molecule has 0 bridgehead atoms. The first-order valence-electron chi connectivity index (χ1n) is 5.23. The Labute approximate surface area is 88.4 Å². The van der Waals surface area contributed by atoms with Crippen LogP contribution in [0.3, 0.4) is 0 Å². The van der Waals surface area contributed by atoms with Crippen LogP contribution in [0.1, 0.15) is 18.2 Å². The summed E-state index contributed by atoms with van der Waals surface area (Å²) >= 11 is 0. The first-order valence-corrected chi connectivity index (χ1v) is 5.23. The lowest BCUT2D eigenvalue weighted by molar-refractivity contribution is 0.513. The van der Waals surface area contributed by atoms with Crippen LogP contribution in [0.2, 0.25) is 0 Å². The number of hydrogen-bond donors (Lipinski definition) is 1. The van der Waals surface area contributed by atoms with Crippen molar-refractivity contribution in [2.45, 2.75) is 13.3 Å². The van der Waals surface area contributed by atoms with Gasteiger partial charge < -0.3 is 10.2 Å². The Bertz CT molecular complexity index is 551. The fraction of sp³-hybridized carbons (Fsp3) is 0.231. The second-order valence-corrected chi connectivity index (χ2v) is 4.24. The fourth-order valence-corrected chi connectivity index (χ4v) is 2.14. The maximum Gasteiger partial charge on any atom is 0.136 e. The number of furan rings is 1. The van der Waals surface area contributed by atoms with Gasteiger partial charge in [0.05, 0.1) is 0 Å². The van der Waals surface area contributed by atoms with Crippen LogP contribution in [0.5, 0.6) is 0 Å². The van der Waals surface area contributed by atoms with Gasteiger partial charge in [-0.05, 0) is 18.1 Å². The van der Waals surface area contributed by atoms with Crippen molar-refractivity contribution >= 4 is 22.7 Å². The Morgan fingerprint density at radius 1 is 1.40 bits per heavy atom. The summed E-state index contributed by atoms with van der Waals surface area (Å²) in [5.74, 6) is 1.65. The van der Waals surface area contributed by atoms with E-state index in [4.69, 9.17) is 10.2 Å². The largest absolute Gasteiger partial charge is 0.460 e. The zero-order valence-electron chi connectivity index (χ0n) is 8.66. The van der Waals surface area contributed by atoms with Gasteiger partial charge in [0.25, 0.3) is 0 Å². The van der Waals surface area contributed by atoms with E-state index in [0.29, 0.717) is 5.92 Å². The maximum absolute atomic E-state index is 5.81. The van der Waals surface area contributed by atoms with Crippen LogP contribution in [0, 0.1) is 5.92 Å². The number of anilines is 1. The van der Waals surface area contributed by atoms with Gasteiger partial charge in [0.1, 0.15) is 11.3 Å². The molecule has 0 saturated carbocycles. The molecule has 1 atom stereocenters. The number of allylic oxidation sites excluding steroid dienone is 1. The van der Waals surface area contributed by atoms with Crippen LogP contribution >= 0.6 is 0 Å². The number of hydrogen-bond acceptors (Lipinski definition) is 2. The molecule has 1 unspecified atom stereocenters. The molecule has 0 aliphatic heterocycles. The minimum Gasteiger partial charge on any atom is -0.460 e. The average Bonchev–Trinajstić information content (AvgIpc) is 2.53. The molecular formula is C13H13NO. The molecule has 0 spiro atoms. The predicted molar refractivity (Wildman–Crippen MR) is 62.5 cm³/mol. The standard InChI is InChI=1S/C13H13NO/c1-8-2-4-10-11-5-3-9(14)7-13(11)15-12(10)6-8/h2-5,7-8H,6,14H2,1H3. The van der Waals surface area contributed by atoms with Crippen molar-refractivity contribution < 1.29 is 4.42 Å². The molecule has 2 aromatic rings. The summed E-state index contributed by atoms with van der Waals surface area (Å²) in [5.41, 5.74) is 8.61. The van der Waals surface area contributed by atoms with Crippen molar-refractivity contribution in [2.24, 2.45) is 5.92 Å². The van der Waals surface area contributed by atoms with Crippen molar-refractivity contribution in [3.8, 4) is 0 Å². The van der Waals surface area contributed by atoms with Crippen LogP contribution in [0.15, 0.2) is 28.7 Å². The van der Waals surface area contributed by atoms with Gasteiger partial charge in [-0.3, -0.25) is 0 Å². The molecule has 0 radical (unpaired) electrons.